The topological polar surface area (TPSA) is 114 Å². The number of para-hydroxylation sites is 2. The van der Waals surface area contributed by atoms with Gasteiger partial charge in [0.15, 0.2) is 11.6 Å². The largest absolute Gasteiger partial charge is 0.497 e. The molecule has 1 aromatic heterocycles. The van der Waals surface area contributed by atoms with Crippen molar-refractivity contribution in [2.45, 2.75) is 44.0 Å². The second kappa shape index (κ2) is 13.9. The Morgan fingerprint density at radius 3 is 2.13 bits per heavy atom. The SMILES string of the molecule is COc1cc(OC)cc(C(C)c2nc3ccccc3nc2NS(=O)(=O)c2cccc(CC(=O)CN3CCN(C(C)C)CC3)c2)c1. The maximum atomic E-state index is 13.8. The number of nitrogens with one attached hydrogen (secondary N) is 1. The average molecular weight is 632 g/mol. The van der Waals surface area contributed by atoms with Crippen LogP contribution in [-0.4, -0.2) is 87.0 Å². The van der Waals surface area contributed by atoms with Crippen LogP contribution in [0.15, 0.2) is 71.6 Å². The fraction of sp³-hybridized carbons (Fsp3) is 0.382. The molecule has 5 rings (SSSR count). The third kappa shape index (κ3) is 7.78. The first-order chi connectivity index (χ1) is 21.6. The van der Waals surface area contributed by atoms with E-state index in [1.807, 2.05) is 37.3 Å². The molecular formula is C34H41N5O5S. The van der Waals surface area contributed by atoms with E-state index in [0.29, 0.717) is 46.4 Å². The quantitative estimate of drug-likeness (QED) is 0.237. The van der Waals surface area contributed by atoms with Crippen LogP contribution >= 0.6 is 0 Å². The molecule has 1 saturated heterocycles. The lowest BCUT2D eigenvalue weighted by Crippen LogP contribution is -2.50. The van der Waals surface area contributed by atoms with Crippen LogP contribution in [0, 0.1) is 0 Å². The number of sulfonamides is 1. The summed E-state index contributed by atoms with van der Waals surface area (Å²) < 4.78 is 41.2. The molecule has 0 bridgehead atoms. The Kier molecular flexibility index (Phi) is 10.0. The van der Waals surface area contributed by atoms with Crippen LogP contribution in [-0.2, 0) is 21.2 Å². The molecule has 10 nitrogen and oxygen atoms in total. The molecule has 238 valence electrons. The molecule has 0 aliphatic carbocycles. The zero-order valence-corrected chi connectivity index (χ0v) is 27.3. The van der Waals surface area contributed by atoms with E-state index in [1.54, 1.807) is 44.6 Å². The fourth-order valence-corrected chi connectivity index (χ4v) is 6.69. The summed E-state index contributed by atoms with van der Waals surface area (Å²) in [6.07, 6.45) is 0.156. The number of ketones is 1. The molecule has 45 heavy (non-hydrogen) atoms. The molecule has 1 N–H and O–H groups in total. The third-order valence-corrected chi connectivity index (χ3v) is 9.60. The molecule has 1 aliphatic heterocycles. The predicted octanol–water partition coefficient (Wildman–Crippen LogP) is 4.74. The standard InChI is InChI=1S/C34H41N5O5S/c1-23(2)39-15-13-38(14-16-39)22-27(40)17-25-9-8-10-30(18-25)45(41,42)37-34-33(35-31-11-6-7-12-32(31)36-34)24(3)26-19-28(43-4)21-29(20-26)44-5/h6-12,18-21,23-24H,13-17,22H2,1-5H3,(H,36,37). The number of carbonyl (C=O) groups is 1. The first-order valence-electron chi connectivity index (χ1n) is 15.2. The highest BCUT2D eigenvalue weighted by atomic mass is 32.2. The normalized spacial score (nSPS) is 15.2. The fourth-order valence-electron chi connectivity index (χ4n) is 5.61. The van der Waals surface area contributed by atoms with Gasteiger partial charge in [-0.1, -0.05) is 31.2 Å². The second-order valence-electron chi connectivity index (χ2n) is 11.7. The van der Waals surface area contributed by atoms with Gasteiger partial charge in [0.25, 0.3) is 10.0 Å². The van der Waals surface area contributed by atoms with Gasteiger partial charge < -0.3 is 9.47 Å². The number of aromatic nitrogens is 2. The number of nitrogens with zero attached hydrogens (tertiary/aromatic N) is 4. The summed E-state index contributed by atoms with van der Waals surface area (Å²) in [7, 11) is -0.920. The summed E-state index contributed by atoms with van der Waals surface area (Å²) in [5.41, 5.74) is 3.12. The maximum absolute atomic E-state index is 13.8. The van der Waals surface area contributed by atoms with Crippen LogP contribution in [0.3, 0.4) is 0 Å². The highest BCUT2D eigenvalue weighted by Crippen LogP contribution is 2.34. The summed E-state index contributed by atoms with van der Waals surface area (Å²) in [5.74, 6) is 1.04. The van der Waals surface area contributed by atoms with Crippen LogP contribution < -0.4 is 14.2 Å². The van der Waals surface area contributed by atoms with Crippen molar-refractivity contribution in [3.63, 3.8) is 0 Å². The van der Waals surface area contributed by atoms with Crippen LogP contribution in [0.1, 0.15) is 43.5 Å². The third-order valence-electron chi connectivity index (χ3n) is 8.26. The Hall–Kier alpha value is -4.06. The summed E-state index contributed by atoms with van der Waals surface area (Å²) in [4.78, 5) is 27.1. The maximum Gasteiger partial charge on any atom is 0.263 e. The molecule has 0 amide bonds. The first-order valence-corrected chi connectivity index (χ1v) is 16.6. The molecule has 4 aromatic rings. The van der Waals surface area contributed by atoms with Gasteiger partial charge in [-0.15, -0.1) is 0 Å². The molecule has 2 heterocycles. The van der Waals surface area contributed by atoms with Crippen LogP contribution in [0.25, 0.3) is 11.0 Å². The predicted molar refractivity (Wildman–Crippen MR) is 176 cm³/mol. The Balaban J connectivity index is 1.38. The van der Waals surface area contributed by atoms with E-state index in [-0.39, 0.29) is 28.8 Å². The van der Waals surface area contributed by atoms with E-state index in [9.17, 15) is 13.2 Å². The molecule has 1 atom stereocenters. The van der Waals surface area contributed by atoms with Gasteiger partial charge in [-0.2, -0.15) is 0 Å². The molecular weight excluding hydrogens is 590 g/mol. The van der Waals surface area contributed by atoms with Crippen molar-refractivity contribution in [2.24, 2.45) is 0 Å². The van der Waals surface area contributed by atoms with Gasteiger partial charge in [0.2, 0.25) is 0 Å². The van der Waals surface area contributed by atoms with E-state index >= 15 is 0 Å². The van der Waals surface area contributed by atoms with Gasteiger partial charge in [-0.05, 0) is 61.4 Å². The Bertz CT molecular complexity index is 1750. The van der Waals surface area contributed by atoms with Crippen molar-refractivity contribution in [3.8, 4) is 11.5 Å². The molecule has 1 aliphatic rings. The minimum atomic E-state index is -4.07. The molecule has 3 aromatic carbocycles. The number of fused-ring (bicyclic) bond motifs is 1. The van der Waals surface area contributed by atoms with Gasteiger partial charge in [-0.25, -0.2) is 18.4 Å². The monoisotopic (exact) mass is 631 g/mol. The molecule has 0 saturated carbocycles. The number of piperazine rings is 1. The average Bonchev–Trinajstić information content (AvgIpc) is 3.04. The summed E-state index contributed by atoms with van der Waals surface area (Å²) in [6.45, 7) is 10.2. The van der Waals surface area contributed by atoms with Gasteiger partial charge in [0.05, 0.1) is 42.4 Å². The Labute approximate surface area is 265 Å². The Morgan fingerprint density at radius 1 is 0.867 bits per heavy atom. The van der Waals surface area contributed by atoms with Crippen LogP contribution in [0.4, 0.5) is 5.82 Å². The Morgan fingerprint density at radius 2 is 1.51 bits per heavy atom. The number of anilines is 1. The van der Waals surface area contributed by atoms with Gasteiger partial charge in [0, 0.05) is 50.6 Å². The van der Waals surface area contributed by atoms with Gasteiger partial charge in [0.1, 0.15) is 11.5 Å². The first kappa shape index (κ1) is 32.3. The summed E-state index contributed by atoms with van der Waals surface area (Å²) in [6, 6.07) is 19.9. The lowest BCUT2D eigenvalue weighted by Gasteiger charge is -2.36. The van der Waals surface area contributed by atoms with Gasteiger partial charge >= 0.3 is 0 Å². The second-order valence-corrected chi connectivity index (χ2v) is 13.4. The molecule has 0 radical (unpaired) electrons. The molecule has 11 heteroatoms. The van der Waals surface area contributed by atoms with Gasteiger partial charge in [-0.3, -0.25) is 19.3 Å². The number of ether oxygens (including phenoxy) is 2. The summed E-state index contributed by atoms with van der Waals surface area (Å²) >= 11 is 0. The zero-order valence-electron chi connectivity index (χ0n) is 26.5. The highest BCUT2D eigenvalue weighted by Gasteiger charge is 2.25. The van der Waals surface area contributed by atoms with Crippen LogP contribution in [0.2, 0.25) is 0 Å². The van der Waals surface area contributed by atoms with Crippen molar-refractivity contribution in [2.75, 3.05) is 51.7 Å². The highest BCUT2D eigenvalue weighted by molar-refractivity contribution is 7.92. The van der Waals surface area contributed by atoms with Crippen molar-refractivity contribution in [1.29, 1.82) is 0 Å². The van der Waals surface area contributed by atoms with Crippen molar-refractivity contribution in [1.82, 2.24) is 19.8 Å². The minimum Gasteiger partial charge on any atom is -0.497 e. The number of rotatable bonds is 12. The number of benzene rings is 3. The number of hydrogen-bond acceptors (Lipinski definition) is 9. The van der Waals surface area contributed by atoms with E-state index in [2.05, 4.69) is 28.4 Å². The number of carbonyl (C=O) groups excluding carboxylic acids is 1. The van der Waals surface area contributed by atoms with E-state index in [4.69, 9.17) is 19.4 Å². The smallest absolute Gasteiger partial charge is 0.263 e. The molecule has 0 spiro atoms. The van der Waals surface area contributed by atoms with Crippen molar-refractivity contribution < 1.29 is 22.7 Å². The number of hydrogen-bond donors (Lipinski definition) is 1. The van der Waals surface area contributed by atoms with Crippen molar-refractivity contribution >= 4 is 32.7 Å². The van der Waals surface area contributed by atoms with Crippen molar-refractivity contribution in [3.05, 3.63) is 83.6 Å². The number of methoxy groups -OCH3 is 2. The molecule has 1 unspecified atom stereocenters. The summed E-state index contributed by atoms with van der Waals surface area (Å²) in [5, 5.41) is 0. The lowest BCUT2D eigenvalue weighted by atomic mass is 9.96. The zero-order chi connectivity index (χ0) is 32.1. The number of Topliss-reactive ketones (excluding diaryl/α,β-unsaturated/α-hetero) is 1. The van der Waals surface area contributed by atoms with E-state index < -0.39 is 10.0 Å². The van der Waals surface area contributed by atoms with E-state index in [0.717, 1.165) is 31.7 Å². The molecule has 1 fully saturated rings. The lowest BCUT2D eigenvalue weighted by molar-refractivity contribution is -0.120. The van der Waals surface area contributed by atoms with E-state index in [1.165, 1.54) is 6.07 Å². The van der Waals surface area contributed by atoms with Crippen LogP contribution in [0.5, 0.6) is 11.5 Å². The minimum absolute atomic E-state index is 0.0509.